The maximum Gasteiger partial charge on any atom is 0.276 e. The zero-order chi connectivity index (χ0) is 12.2. The van der Waals surface area contributed by atoms with Crippen LogP contribution in [0.2, 0.25) is 5.02 Å². The Bertz CT molecular complexity index is 468. The van der Waals surface area contributed by atoms with Gasteiger partial charge in [-0.3, -0.25) is 0 Å². The second-order valence-electron chi connectivity index (χ2n) is 3.26. The normalized spacial score (nSPS) is 11.7. The number of rotatable bonds is 4. The predicted octanol–water partition coefficient (Wildman–Crippen LogP) is 1.12. The lowest BCUT2D eigenvalue weighted by atomic mass is 10.4. The van der Waals surface area contributed by atoms with E-state index >= 15 is 0 Å². The lowest BCUT2D eigenvalue weighted by molar-refractivity contribution is 0.581. The van der Waals surface area contributed by atoms with Crippen molar-refractivity contribution in [1.29, 1.82) is 0 Å². The molecule has 7 heteroatoms. The Morgan fingerprint density at radius 1 is 1.31 bits per heavy atom. The highest BCUT2D eigenvalue weighted by molar-refractivity contribution is 7.89. The largest absolute Gasteiger partial charge is 0.367 e. The minimum absolute atomic E-state index is 0.118. The van der Waals surface area contributed by atoms with E-state index in [0.717, 1.165) is 0 Å². The summed E-state index contributed by atoms with van der Waals surface area (Å²) in [6.45, 7) is 0. The van der Waals surface area contributed by atoms with Gasteiger partial charge in [0.25, 0.3) is 10.0 Å². The van der Waals surface area contributed by atoms with Gasteiger partial charge in [-0.05, 0) is 24.3 Å². The van der Waals surface area contributed by atoms with Crippen LogP contribution in [0.3, 0.4) is 0 Å². The first-order chi connectivity index (χ1) is 7.42. The van der Waals surface area contributed by atoms with Crippen molar-refractivity contribution in [3.8, 4) is 0 Å². The monoisotopic (exact) mass is 261 g/mol. The Kier molecular flexibility index (Phi) is 4.14. The first-order valence-corrected chi connectivity index (χ1v) is 6.25. The van der Waals surface area contributed by atoms with Crippen molar-refractivity contribution in [2.45, 2.75) is 4.90 Å². The summed E-state index contributed by atoms with van der Waals surface area (Å²) in [5, 5.41) is 4.05. The summed E-state index contributed by atoms with van der Waals surface area (Å²) in [6.07, 6.45) is 1.35. The Hall–Kier alpha value is -1.27. The zero-order valence-electron chi connectivity index (χ0n) is 8.88. The highest BCUT2D eigenvalue weighted by Gasteiger charge is 2.11. The second kappa shape index (κ2) is 5.18. The molecule has 1 aromatic rings. The minimum atomic E-state index is -3.61. The fourth-order valence-corrected chi connectivity index (χ4v) is 1.79. The maximum atomic E-state index is 11.6. The van der Waals surface area contributed by atoms with Crippen LogP contribution in [-0.2, 0) is 10.0 Å². The van der Waals surface area contributed by atoms with Gasteiger partial charge in [-0.2, -0.15) is 18.4 Å². The van der Waals surface area contributed by atoms with Gasteiger partial charge in [-0.25, -0.2) is 0 Å². The Labute approximate surface area is 99.8 Å². The molecule has 0 heterocycles. The summed E-state index contributed by atoms with van der Waals surface area (Å²) in [5.74, 6) is 0. The molecule has 0 aliphatic rings. The van der Waals surface area contributed by atoms with E-state index in [1.807, 2.05) is 0 Å². The van der Waals surface area contributed by atoms with Crippen molar-refractivity contribution >= 4 is 28.0 Å². The number of hydrazone groups is 1. The summed E-state index contributed by atoms with van der Waals surface area (Å²) in [6, 6.07) is 5.84. The molecule has 0 saturated carbocycles. The summed E-state index contributed by atoms with van der Waals surface area (Å²) >= 11 is 5.66. The number of hydrogen-bond donors (Lipinski definition) is 1. The van der Waals surface area contributed by atoms with Crippen molar-refractivity contribution in [2.24, 2.45) is 5.10 Å². The molecule has 1 rings (SSSR count). The van der Waals surface area contributed by atoms with E-state index < -0.39 is 10.0 Å². The lowest BCUT2D eigenvalue weighted by Crippen LogP contribution is -2.20. The molecule has 88 valence electrons. The summed E-state index contributed by atoms with van der Waals surface area (Å²) < 4.78 is 23.3. The van der Waals surface area contributed by atoms with Crippen molar-refractivity contribution in [2.75, 3.05) is 14.1 Å². The van der Waals surface area contributed by atoms with Gasteiger partial charge in [0.1, 0.15) is 6.34 Å². The molecule has 0 aromatic heterocycles. The van der Waals surface area contributed by atoms with Crippen molar-refractivity contribution in [1.82, 2.24) is 9.73 Å². The van der Waals surface area contributed by atoms with Crippen LogP contribution in [0.5, 0.6) is 0 Å². The maximum absolute atomic E-state index is 11.6. The Morgan fingerprint density at radius 3 is 2.38 bits per heavy atom. The third-order valence-electron chi connectivity index (χ3n) is 1.59. The van der Waals surface area contributed by atoms with E-state index in [0.29, 0.717) is 5.02 Å². The summed E-state index contributed by atoms with van der Waals surface area (Å²) in [7, 11) is -0.134. The molecular formula is C9H12ClN3O2S. The van der Waals surface area contributed by atoms with Gasteiger partial charge in [0.05, 0.1) is 4.90 Å². The molecule has 0 atom stereocenters. The number of halogens is 1. The van der Waals surface area contributed by atoms with Gasteiger partial charge in [-0.1, -0.05) is 11.6 Å². The van der Waals surface area contributed by atoms with Crippen LogP contribution in [0.25, 0.3) is 0 Å². The SMILES string of the molecule is CN(C)/C=N/NS(=O)(=O)c1ccc(Cl)cc1. The topological polar surface area (TPSA) is 61.8 Å². The van der Waals surface area contributed by atoms with Gasteiger partial charge in [0, 0.05) is 19.1 Å². The Balaban J connectivity index is 2.82. The molecule has 16 heavy (non-hydrogen) atoms. The average Bonchev–Trinajstić information content (AvgIpc) is 2.17. The zero-order valence-corrected chi connectivity index (χ0v) is 10.5. The molecule has 5 nitrogen and oxygen atoms in total. The first kappa shape index (κ1) is 12.8. The van der Waals surface area contributed by atoms with Crippen LogP contribution in [0, 0.1) is 0 Å². The lowest BCUT2D eigenvalue weighted by Gasteiger charge is -2.05. The van der Waals surface area contributed by atoms with Gasteiger partial charge in [0.15, 0.2) is 0 Å². The molecule has 0 spiro atoms. The minimum Gasteiger partial charge on any atom is -0.367 e. The van der Waals surface area contributed by atoms with Crippen molar-refractivity contribution in [3.63, 3.8) is 0 Å². The first-order valence-electron chi connectivity index (χ1n) is 4.39. The molecule has 0 aliphatic carbocycles. The molecular weight excluding hydrogens is 250 g/mol. The Morgan fingerprint density at radius 2 is 1.88 bits per heavy atom. The smallest absolute Gasteiger partial charge is 0.276 e. The molecule has 0 amide bonds. The summed E-state index contributed by atoms with van der Waals surface area (Å²) in [4.78, 5) is 3.82. The highest BCUT2D eigenvalue weighted by atomic mass is 35.5. The van der Waals surface area contributed by atoms with Gasteiger partial charge < -0.3 is 4.90 Å². The van der Waals surface area contributed by atoms with Crippen LogP contribution >= 0.6 is 11.6 Å². The third-order valence-corrected chi connectivity index (χ3v) is 3.08. The van der Waals surface area contributed by atoms with E-state index in [-0.39, 0.29) is 4.90 Å². The molecule has 0 aliphatic heterocycles. The molecule has 0 bridgehead atoms. The fourth-order valence-electron chi connectivity index (χ4n) is 0.875. The van der Waals surface area contributed by atoms with E-state index in [9.17, 15) is 8.42 Å². The summed E-state index contributed by atoms with van der Waals surface area (Å²) in [5.41, 5.74) is 0. The van der Waals surface area contributed by atoms with Crippen LogP contribution in [0.15, 0.2) is 34.3 Å². The van der Waals surface area contributed by atoms with Gasteiger partial charge in [0.2, 0.25) is 0 Å². The van der Waals surface area contributed by atoms with Crippen LogP contribution in [0.4, 0.5) is 0 Å². The molecule has 0 fully saturated rings. The van der Waals surface area contributed by atoms with Gasteiger partial charge >= 0.3 is 0 Å². The average molecular weight is 262 g/mol. The van der Waals surface area contributed by atoms with Crippen LogP contribution in [0.1, 0.15) is 0 Å². The van der Waals surface area contributed by atoms with Crippen LogP contribution < -0.4 is 4.83 Å². The molecule has 0 unspecified atom stereocenters. The molecule has 0 radical (unpaired) electrons. The predicted molar refractivity (Wildman–Crippen MR) is 64.0 cm³/mol. The second-order valence-corrected chi connectivity index (χ2v) is 5.35. The quantitative estimate of drug-likeness (QED) is 0.502. The molecule has 1 aromatic carbocycles. The highest BCUT2D eigenvalue weighted by Crippen LogP contribution is 2.13. The van der Waals surface area contributed by atoms with E-state index in [1.165, 1.54) is 30.6 Å². The van der Waals surface area contributed by atoms with E-state index in [1.54, 1.807) is 19.0 Å². The third kappa shape index (κ3) is 3.71. The van der Waals surface area contributed by atoms with E-state index in [4.69, 9.17) is 11.6 Å². The molecule has 0 saturated heterocycles. The molecule has 1 N–H and O–H groups in total. The van der Waals surface area contributed by atoms with Gasteiger partial charge in [-0.15, -0.1) is 0 Å². The number of hydrogen-bond acceptors (Lipinski definition) is 3. The van der Waals surface area contributed by atoms with Crippen molar-refractivity contribution in [3.05, 3.63) is 29.3 Å². The fraction of sp³-hybridized carbons (Fsp3) is 0.222. The van der Waals surface area contributed by atoms with E-state index in [2.05, 4.69) is 9.93 Å². The number of nitrogens with zero attached hydrogens (tertiary/aromatic N) is 2. The van der Waals surface area contributed by atoms with Crippen molar-refractivity contribution < 1.29 is 8.42 Å². The number of benzene rings is 1. The number of sulfonamides is 1. The van der Waals surface area contributed by atoms with Crippen LogP contribution in [-0.4, -0.2) is 33.8 Å². The standard InChI is InChI=1S/C9H12ClN3O2S/c1-13(2)7-11-12-16(14,15)9-5-3-8(10)4-6-9/h3-7,12H,1-2H3/b11-7+. The number of nitrogens with one attached hydrogen (secondary N) is 1.